The highest BCUT2D eigenvalue weighted by molar-refractivity contribution is 5.77. The van der Waals surface area contributed by atoms with Gasteiger partial charge in [-0.2, -0.15) is 0 Å². The van der Waals surface area contributed by atoms with Crippen molar-refractivity contribution >= 4 is 11.9 Å². The second kappa shape index (κ2) is 14.0. The van der Waals surface area contributed by atoms with Gasteiger partial charge in [-0.05, 0) is 109 Å². The maximum Gasteiger partial charge on any atom is 0.337 e. The Labute approximate surface area is 325 Å². The first kappa shape index (κ1) is 41.5. The topological polar surface area (TPSA) is 202 Å². The van der Waals surface area contributed by atoms with Crippen LogP contribution in [0.1, 0.15) is 113 Å². The number of carbonyl (C=O) groups excluding carboxylic acids is 1. The number of aliphatic hydroxyl groups excluding tert-OH is 5. The Bertz CT molecular complexity index is 1530. The molecule has 6 N–H and O–H groups in total. The van der Waals surface area contributed by atoms with Crippen LogP contribution in [0.5, 0.6) is 0 Å². The number of aliphatic carboxylic acids is 1. The molecule has 312 valence electrons. The monoisotopic (exact) mass is 778 g/mol. The van der Waals surface area contributed by atoms with Gasteiger partial charge in [0.1, 0.15) is 36.6 Å². The van der Waals surface area contributed by atoms with Gasteiger partial charge < -0.3 is 54.3 Å². The maximum atomic E-state index is 13.1. The lowest BCUT2D eigenvalue weighted by atomic mass is 9.33. The lowest BCUT2D eigenvalue weighted by Gasteiger charge is -2.71. The number of hydrogen-bond donors (Lipinski definition) is 6. The summed E-state index contributed by atoms with van der Waals surface area (Å²) in [5.41, 5.74) is 0.207. The third kappa shape index (κ3) is 6.19. The normalized spacial score (nSPS) is 51.7. The highest BCUT2D eigenvalue weighted by atomic mass is 16.7. The summed E-state index contributed by atoms with van der Waals surface area (Å²) in [6.45, 7) is 16.0. The average molecular weight is 779 g/mol. The van der Waals surface area contributed by atoms with Crippen LogP contribution in [0.3, 0.4) is 0 Å². The lowest BCUT2D eigenvalue weighted by Crippen LogP contribution is -2.67. The molecule has 7 aliphatic rings. The van der Waals surface area contributed by atoms with Crippen molar-refractivity contribution in [2.24, 2.45) is 50.2 Å². The molecule has 0 aromatic heterocycles. The van der Waals surface area contributed by atoms with E-state index in [1.165, 1.54) is 5.57 Å². The molecule has 4 saturated carbocycles. The van der Waals surface area contributed by atoms with Gasteiger partial charge in [-0.15, -0.1) is 0 Å². The second-order valence-electron chi connectivity index (χ2n) is 20.4. The zero-order chi connectivity index (χ0) is 40.3. The third-order valence-electron chi connectivity index (χ3n) is 17.0. The molecule has 5 aliphatic carbocycles. The largest absolute Gasteiger partial charge is 0.481 e. The molecule has 0 aromatic carbocycles. The molecule has 13 heteroatoms. The fourth-order valence-electron chi connectivity index (χ4n) is 13.5. The third-order valence-corrected chi connectivity index (χ3v) is 17.0. The first-order chi connectivity index (χ1) is 25.6. The van der Waals surface area contributed by atoms with E-state index < -0.39 is 84.2 Å². The molecule has 6 fully saturated rings. The minimum absolute atomic E-state index is 0.0230. The van der Waals surface area contributed by atoms with Gasteiger partial charge in [-0.3, -0.25) is 4.79 Å². The number of carboxylic acid groups (broad SMARTS) is 1. The summed E-state index contributed by atoms with van der Waals surface area (Å²) in [6, 6.07) is 0. The van der Waals surface area contributed by atoms with E-state index in [4.69, 9.17) is 23.7 Å². The lowest BCUT2D eigenvalue weighted by molar-refractivity contribution is -0.357. The highest BCUT2D eigenvalue weighted by Crippen LogP contribution is 2.76. The van der Waals surface area contributed by atoms with E-state index in [0.717, 1.165) is 58.5 Å². The van der Waals surface area contributed by atoms with E-state index in [0.29, 0.717) is 18.8 Å². The van der Waals surface area contributed by atoms with Crippen LogP contribution in [0, 0.1) is 50.2 Å². The number of ether oxygens (including phenoxy) is 5. The first-order valence-corrected chi connectivity index (χ1v) is 20.6. The van der Waals surface area contributed by atoms with Crippen LogP contribution < -0.4 is 0 Å². The summed E-state index contributed by atoms with van der Waals surface area (Å²) >= 11 is 0. The van der Waals surface area contributed by atoms with Gasteiger partial charge in [0.05, 0.1) is 25.2 Å². The SMILES string of the molecule is COC(=O)[C@H]1O[C@@H](O[C@H]2CC[C@]3(C)[C@H]4CC=C5[C@H]6CC(C)(C)CC[C@]6(C(=O)O)CC[C@@]5(C)[C@]4(C)CC[C@H]3C2(C)C)[C@H](O)[C@@H](O[C@@H]2OC[C@H](O)[C@H](O)[C@H]2O)[C@@H]1O. The van der Waals surface area contributed by atoms with Crippen molar-refractivity contribution in [2.45, 2.75) is 174 Å². The molecule has 55 heavy (non-hydrogen) atoms. The summed E-state index contributed by atoms with van der Waals surface area (Å²) in [5, 5.41) is 64.2. The summed E-state index contributed by atoms with van der Waals surface area (Å²) in [6.07, 6.45) is -3.44. The summed E-state index contributed by atoms with van der Waals surface area (Å²) in [5.74, 6) is -0.884. The highest BCUT2D eigenvalue weighted by Gasteiger charge is 2.69. The Morgan fingerprint density at radius 1 is 0.782 bits per heavy atom. The maximum absolute atomic E-state index is 13.1. The minimum atomic E-state index is -1.73. The summed E-state index contributed by atoms with van der Waals surface area (Å²) in [4.78, 5) is 25.9. The quantitative estimate of drug-likeness (QED) is 0.130. The number of carbonyl (C=O) groups is 2. The average Bonchev–Trinajstić information content (AvgIpc) is 3.11. The smallest absolute Gasteiger partial charge is 0.337 e. The van der Waals surface area contributed by atoms with Crippen molar-refractivity contribution < 1.29 is 63.9 Å². The molecule has 17 atom stereocenters. The number of methoxy groups -OCH3 is 1. The van der Waals surface area contributed by atoms with Crippen LogP contribution in [0.2, 0.25) is 0 Å². The molecule has 2 heterocycles. The zero-order valence-corrected chi connectivity index (χ0v) is 33.9. The Morgan fingerprint density at radius 3 is 2.15 bits per heavy atom. The molecule has 7 rings (SSSR count). The minimum Gasteiger partial charge on any atom is -0.481 e. The standard InChI is InChI=1S/C42H66O13/c1-37(2)15-17-42(36(49)50)18-16-40(6)21(22(42)19-37)9-10-25-39(5)13-12-26(38(3,4)24(39)11-14-41(25,40)7)53-35-30(47)31(29(46)32(55-35)33(48)51-8)54-34-28(45)27(44)23(43)20-52-34/h9,22-32,34-35,43-47H,10-20H2,1-8H3,(H,49,50)/t22-,23+,24+,25-,26+,27+,28-,29+,30-,31+,32+,34+,35-,39+,40-,41-,42+/m1/s1. The van der Waals surface area contributed by atoms with E-state index in [2.05, 4.69) is 54.5 Å². The number of aliphatic hydroxyl groups is 5. The molecular weight excluding hydrogens is 712 g/mol. The van der Waals surface area contributed by atoms with Crippen LogP contribution in [0.4, 0.5) is 0 Å². The predicted octanol–water partition coefficient (Wildman–Crippen LogP) is 3.70. The van der Waals surface area contributed by atoms with E-state index in [1.54, 1.807) is 0 Å². The van der Waals surface area contributed by atoms with Crippen molar-refractivity contribution in [2.75, 3.05) is 13.7 Å². The fourth-order valence-corrected chi connectivity index (χ4v) is 13.5. The molecule has 0 radical (unpaired) electrons. The van der Waals surface area contributed by atoms with Crippen molar-refractivity contribution in [1.29, 1.82) is 0 Å². The second-order valence-corrected chi connectivity index (χ2v) is 20.4. The Morgan fingerprint density at radius 2 is 1.47 bits per heavy atom. The van der Waals surface area contributed by atoms with Gasteiger partial charge >= 0.3 is 11.9 Å². The molecule has 0 aromatic rings. The Hall–Kier alpha value is -1.68. The Kier molecular flexibility index (Phi) is 10.5. The van der Waals surface area contributed by atoms with Gasteiger partial charge in [0, 0.05) is 0 Å². The van der Waals surface area contributed by atoms with E-state index in [9.17, 15) is 40.2 Å². The van der Waals surface area contributed by atoms with Crippen molar-refractivity contribution in [3.63, 3.8) is 0 Å². The van der Waals surface area contributed by atoms with E-state index >= 15 is 0 Å². The summed E-state index contributed by atoms with van der Waals surface area (Å²) < 4.78 is 28.7. The molecule has 0 spiro atoms. The van der Waals surface area contributed by atoms with Crippen molar-refractivity contribution in [1.82, 2.24) is 0 Å². The van der Waals surface area contributed by atoms with Crippen LogP contribution in [-0.4, -0.2) is 118 Å². The molecule has 0 unspecified atom stereocenters. The van der Waals surface area contributed by atoms with Gasteiger partial charge in [0.2, 0.25) is 0 Å². The Balaban J connectivity index is 1.13. The summed E-state index contributed by atoms with van der Waals surface area (Å²) in [7, 11) is 1.15. The fraction of sp³-hybridized carbons (Fsp3) is 0.905. The van der Waals surface area contributed by atoms with Crippen LogP contribution in [0.25, 0.3) is 0 Å². The molecule has 0 bridgehead atoms. The van der Waals surface area contributed by atoms with Gasteiger partial charge in [0.15, 0.2) is 18.7 Å². The molecule has 13 nitrogen and oxygen atoms in total. The van der Waals surface area contributed by atoms with E-state index in [-0.39, 0.29) is 40.1 Å². The van der Waals surface area contributed by atoms with Crippen molar-refractivity contribution in [3.05, 3.63) is 11.6 Å². The number of esters is 1. The van der Waals surface area contributed by atoms with Gasteiger partial charge in [0.25, 0.3) is 0 Å². The number of rotatable bonds is 6. The number of fused-ring (bicyclic) bond motifs is 7. The van der Waals surface area contributed by atoms with Gasteiger partial charge in [-0.1, -0.05) is 60.1 Å². The van der Waals surface area contributed by atoms with Crippen LogP contribution in [-0.2, 0) is 33.3 Å². The predicted molar refractivity (Wildman–Crippen MR) is 197 cm³/mol. The molecule has 2 saturated heterocycles. The number of allylic oxidation sites excluding steroid dienone is 2. The number of carboxylic acids is 1. The molecular formula is C42H66O13. The van der Waals surface area contributed by atoms with Crippen molar-refractivity contribution in [3.8, 4) is 0 Å². The van der Waals surface area contributed by atoms with Crippen LogP contribution in [0.15, 0.2) is 11.6 Å². The zero-order valence-electron chi connectivity index (χ0n) is 33.9. The molecule has 2 aliphatic heterocycles. The van der Waals surface area contributed by atoms with Crippen LogP contribution >= 0.6 is 0 Å². The molecule has 0 amide bonds. The number of hydrogen-bond acceptors (Lipinski definition) is 12. The first-order valence-electron chi connectivity index (χ1n) is 20.6. The van der Waals surface area contributed by atoms with Gasteiger partial charge in [-0.25, -0.2) is 4.79 Å². The van der Waals surface area contributed by atoms with E-state index in [1.807, 2.05) is 0 Å².